The van der Waals surface area contributed by atoms with Crippen molar-refractivity contribution in [2.75, 3.05) is 25.6 Å². The summed E-state index contributed by atoms with van der Waals surface area (Å²) in [6.45, 7) is 5.17. The third-order valence-corrected chi connectivity index (χ3v) is 3.87. The van der Waals surface area contributed by atoms with E-state index < -0.39 is 0 Å². The molecule has 110 valence electrons. The smallest absolute Gasteiger partial charge is 0.313 e. The Hall–Kier alpha value is -1.55. The Balaban J connectivity index is 1.94. The van der Waals surface area contributed by atoms with E-state index in [9.17, 15) is 4.79 Å². The molecule has 0 bridgehead atoms. The Morgan fingerprint density at radius 3 is 2.90 bits per heavy atom. The first-order valence-corrected chi connectivity index (χ1v) is 7.08. The predicted molar refractivity (Wildman–Crippen MR) is 79.0 cm³/mol. The van der Waals surface area contributed by atoms with Crippen molar-refractivity contribution in [2.45, 2.75) is 38.2 Å². The number of para-hydroxylation sites is 1. The summed E-state index contributed by atoms with van der Waals surface area (Å²) in [5.41, 5.74) is 1.82. The SMILES string of the molecule is COC(C)(C)CCOC(=O)C1CCNc2ccccc21. The fourth-order valence-electron chi connectivity index (χ4n) is 2.31. The number of hydrogen-bond acceptors (Lipinski definition) is 4. The molecule has 4 heteroatoms. The fourth-order valence-corrected chi connectivity index (χ4v) is 2.31. The van der Waals surface area contributed by atoms with Gasteiger partial charge in [-0.25, -0.2) is 0 Å². The largest absolute Gasteiger partial charge is 0.465 e. The Kier molecular flexibility index (Phi) is 4.65. The van der Waals surface area contributed by atoms with E-state index in [0.29, 0.717) is 13.0 Å². The average Bonchev–Trinajstić information content (AvgIpc) is 2.46. The topological polar surface area (TPSA) is 47.6 Å². The number of ether oxygens (including phenoxy) is 2. The number of fused-ring (bicyclic) bond motifs is 1. The lowest BCUT2D eigenvalue weighted by Gasteiger charge is -2.26. The molecule has 1 aromatic carbocycles. The molecule has 0 saturated carbocycles. The summed E-state index contributed by atoms with van der Waals surface area (Å²) < 4.78 is 10.7. The number of carbonyl (C=O) groups is 1. The molecule has 0 spiro atoms. The monoisotopic (exact) mass is 277 g/mol. The summed E-state index contributed by atoms with van der Waals surface area (Å²) >= 11 is 0. The van der Waals surface area contributed by atoms with E-state index in [-0.39, 0.29) is 17.5 Å². The van der Waals surface area contributed by atoms with Crippen LogP contribution < -0.4 is 5.32 Å². The minimum absolute atomic E-state index is 0.133. The third kappa shape index (κ3) is 3.51. The van der Waals surface area contributed by atoms with E-state index in [0.717, 1.165) is 24.2 Å². The third-order valence-electron chi connectivity index (χ3n) is 3.87. The van der Waals surface area contributed by atoms with Gasteiger partial charge in [0.25, 0.3) is 0 Å². The van der Waals surface area contributed by atoms with Gasteiger partial charge in [0.15, 0.2) is 0 Å². The Morgan fingerprint density at radius 1 is 1.40 bits per heavy atom. The van der Waals surface area contributed by atoms with Crippen molar-refractivity contribution >= 4 is 11.7 Å². The van der Waals surface area contributed by atoms with Crippen molar-refractivity contribution in [3.63, 3.8) is 0 Å². The zero-order valence-electron chi connectivity index (χ0n) is 12.4. The van der Waals surface area contributed by atoms with Crippen LogP contribution in [0, 0.1) is 0 Å². The molecule has 0 amide bonds. The first kappa shape index (κ1) is 14.9. The number of carbonyl (C=O) groups excluding carboxylic acids is 1. The molecule has 0 fully saturated rings. The van der Waals surface area contributed by atoms with Crippen LogP contribution in [0.1, 0.15) is 38.2 Å². The first-order valence-electron chi connectivity index (χ1n) is 7.08. The normalized spacial score (nSPS) is 18.1. The lowest BCUT2D eigenvalue weighted by atomic mass is 9.91. The van der Waals surface area contributed by atoms with Crippen LogP contribution in [0.5, 0.6) is 0 Å². The zero-order valence-corrected chi connectivity index (χ0v) is 12.4. The highest BCUT2D eigenvalue weighted by atomic mass is 16.5. The van der Waals surface area contributed by atoms with Crippen LogP contribution >= 0.6 is 0 Å². The van der Waals surface area contributed by atoms with Crippen LogP contribution in [-0.2, 0) is 14.3 Å². The number of anilines is 1. The van der Waals surface area contributed by atoms with Crippen molar-refractivity contribution in [1.82, 2.24) is 0 Å². The summed E-state index contributed by atoms with van der Waals surface area (Å²) in [6.07, 6.45) is 1.48. The van der Waals surface area contributed by atoms with Crippen molar-refractivity contribution in [3.05, 3.63) is 29.8 Å². The van der Waals surface area contributed by atoms with Crippen LogP contribution in [0.25, 0.3) is 0 Å². The molecule has 1 aromatic rings. The van der Waals surface area contributed by atoms with Gasteiger partial charge in [0.05, 0.1) is 18.1 Å². The van der Waals surface area contributed by atoms with Gasteiger partial charge >= 0.3 is 5.97 Å². The Morgan fingerprint density at radius 2 is 2.15 bits per heavy atom. The van der Waals surface area contributed by atoms with Crippen molar-refractivity contribution in [3.8, 4) is 0 Å². The van der Waals surface area contributed by atoms with Crippen LogP contribution in [0.2, 0.25) is 0 Å². The fraction of sp³-hybridized carbons (Fsp3) is 0.562. The van der Waals surface area contributed by atoms with E-state index in [1.807, 2.05) is 38.1 Å². The summed E-state index contributed by atoms with van der Waals surface area (Å²) in [6, 6.07) is 7.93. The molecule has 0 radical (unpaired) electrons. The van der Waals surface area contributed by atoms with E-state index in [1.54, 1.807) is 7.11 Å². The van der Waals surface area contributed by atoms with E-state index >= 15 is 0 Å². The van der Waals surface area contributed by atoms with Crippen LogP contribution in [0.3, 0.4) is 0 Å². The minimum atomic E-state index is -0.258. The second-order valence-corrected chi connectivity index (χ2v) is 5.74. The van der Waals surface area contributed by atoms with Crippen LogP contribution in [0.4, 0.5) is 5.69 Å². The number of nitrogens with one attached hydrogen (secondary N) is 1. The molecule has 1 N–H and O–H groups in total. The maximum Gasteiger partial charge on any atom is 0.313 e. The molecule has 1 aliphatic heterocycles. The number of esters is 1. The summed E-state index contributed by atoms with van der Waals surface area (Å²) in [5, 5.41) is 3.31. The maximum atomic E-state index is 12.2. The van der Waals surface area contributed by atoms with Gasteiger partial charge in [0.2, 0.25) is 0 Å². The van der Waals surface area contributed by atoms with Gasteiger partial charge in [-0.15, -0.1) is 0 Å². The summed E-state index contributed by atoms with van der Waals surface area (Å²) in [5.74, 6) is -0.288. The lowest BCUT2D eigenvalue weighted by Crippen LogP contribution is -2.28. The number of methoxy groups -OCH3 is 1. The van der Waals surface area contributed by atoms with E-state index in [1.165, 1.54) is 0 Å². The van der Waals surface area contributed by atoms with E-state index in [2.05, 4.69) is 5.32 Å². The van der Waals surface area contributed by atoms with Gasteiger partial charge in [-0.2, -0.15) is 0 Å². The molecule has 4 nitrogen and oxygen atoms in total. The highest BCUT2D eigenvalue weighted by Crippen LogP contribution is 2.32. The predicted octanol–water partition coefficient (Wildman–Crippen LogP) is 2.94. The minimum Gasteiger partial charge on any atom is -0.465 e. The molecule has 0 saturated heterocycles. The van der Waals surface area contributed by atoms with Gasteiger partial charge in [-0.05, 0) is 31.9 Å². The van der Waals surface area contributed by atoms with E-state index in [4.69, 9.17) is 9.47 Å². The van der Waals surface area contributed by atoms with Crippen molar-refractivity contribution < 1.29 is 14.3 Å². The van der Waals surface area contributed by atoms with Crippen molar-refractivity contribution in [2.24, 2.45) is 0 Å². The Labute approximate surface area is 120 Å². The molecule has 1 atom stereocenters. The highest BCUT2D eigenvalue weighted by Gasteiger charge is 2.28. The quantitative estimate of drug-likeness (QED) is 0.841. The first-order chi connectivity index (χ1) is 9.53. The molecule has 2 rings (SSSR count). The van der Waals surface area contributed by atoms with Gasteiger partial charge in [-0.1, -0.05) is 18.2 Å². The van der Waals surface area contributed by atoms with Gasteiger partial charge in [-0.3, -0.25) is 4.79 Å². The second kappa shape index (κ2) is 6.27. The molecule has 0 aromatic heterocycles. The summed E-state index contributed by atoms with van der Waals surface area (Å²) in [7, 11) is 1.67. The Bertz CT molecular complexity index is 471. The highest BCUT2D eigenvalue weighted by molar-refractivity contribution is 5.81. The molecule has 1 aliphatic rings. The lowest BCUT2D eigenvalue weighted by molar-refractivity contribution is -0.147. The van der Waals surface area contributed by atoms with Crippen LogP contribution in [0.15, 0.2) is 24.3 Å². The van der Waals surface area contributed by atoms with Gasteiger partial charge in [0, 0.05) is 25.8 Å². The molecular weight excluding hydrogens is 254 g/mol. The standard InChI is InChI=1S/C16H23NO3/c1-16(2,19-3)9-11-20-15(18)13-8-10-17-14-7-5-4-6-12(13)14/h4-7,13,17H,8-11H2,1-3H3. The number of rotatable bonds is 5. The maximum absolute atomic E-state index is 12.2. The zero-order chi connectivity index (χ0) is 14.6. The van der Waals surface area contributed by atoms with Gasteiger partial charge < -0.3 is 14.8 Å². The average molecular weight is 277 g/mol. The molecule has 1 unspecified atom stereocenters. The number of benzene rings is 1. The number of hydrogen-bond donors (Lipinski definition) is 1. The molecular formula is C16H23NO3. The van der Waals surface area contributed by atoms with Crippen molar-refractivity contribution in [1.29, 1.82) is 0 Å². The molecule has 0 aliphatic carbocycles. The van der Waals surface area contributed by atoms with Crippen LogP contribution in [-0.4, -0.2) is 31.8 Å². The second-order valence-electron chi connectivity index (χ2n) is 5.74. The van der Waals surface area contributed by atoms with Gasteiger partial charge in [0.1, 0.15) is 0 Å². The molecule has 20 heavy (non-hydrogen) atoms. The molecule has 1 heterocycles. The summed E-state index contributed by atoms with van der Waals surface area (Å²) in [4.78, 5) is 12.2.